The first-order chi connectivity index (χ1) is 10.7. The number of hydrogen-bond donors (Lipinski definition) is 1. The van der Waals surface area contributed by atoms with Gasteiger partial charge in [0, 0.05) is 18.2 Å². The molecule has 0 aromatic heterocycles. The van der Waals surface area contributed by atoms with E-state index < -0.39 is 0 Å². The van der Waals surface area contributed by atoms with Crippen LogP contribution in [0.5, 0.6) is 11.5 Å². The van der Waals surface area contributed by atoms with Gasteiger partial charge in [0.25, 0.3) is 0 Å². The second-order valence-corrected chi connectivity index (χ2v) is 6.16. The van der Waals surface area contributed by atoms with Gasteiger partial charge >= 0.3 is 0 Å². The largest absolute Gasteiger partial charge is 0.507 e. The Hall–Kier alpha value is -2.00. The number of methoxy groups -OCH3 is 1. The van der Waals surface area contributed by atoms with Crippen LogP contribution >= 0.6 is 0 Å². The molecule has 0 saturated carbocycles. The minimum atomic E-state index is 0.375. The third-order valence-electron chi connectivity index (χ3n) is 5.13. The molecule has 1 aliphatic heterocycles. The van der Waals surface area contributed by atoms with Crippen LogP contribution in [0.25, 0.3) is 11.1 Å². The highest BCUT2D eigenvalue weighted by atomic mass is 16.5. The average Bonchev–Trinajstić information content (AvgIpc) is 2.54. The minimum absolute atomic E-state index is 0.375. The first-order valence-corrected chi connectivity index (χ1v) is 7.99. The number of benzene rings is 2. The lowest BCUT2D eigenvalue weighted by molar-refractivity contribution is 0.192. The van der Waals surface area contributed by atoms with Crippen molar-refractivity contribution in [2.45, 2.75) is 25.8 Å². The molecular formula is C19H21NO2. The van der Waals surface area contributed by atoms with Gasteiger partial charge < -0.3 is 9.84 Å². The normalized spacial score (nSPS) is 19.5. The van der Waals surface area contributed by atoms with Crippen molar-refractivity contribution in [3.8, 4) is 22.6 Å². The molecule has 0 spiro atoms. The predicted octanol–water partition coefficient (Wildman–Crippen LogP) is 3.54. The highest BCUT2D eigenvalue weighted by Crippen LogP contribution is 2.49. The first kappa shape index (κ1) is 13.6. The van der Waals surface area contributed by atoms with Gasteiger partial charge in [0.05, 0.1) is 7.11 Å². The number of phenolic OH excluding ortho intramolecular Hbond substituents is 1. The summed E-state index contributed by atoms with van der Waals surface area (Å²) in [5, 5.41) is 10.4. The Morgan fingerprint density at radius 2 is 2.14 bits per heavy atom. The molecular weight excluding hydrogens is 274 g/mol. The molecule has 0 radical (unpaired) electrons. The lowest BCUT2D eigenvalue weighted by atomic mass is 9.76. The van der Waals surface area contributed by atoms with Crippen LogP contribution in [0.15, 0.2) is 30.3 Å². The molecule has 1 heterocycles. The van der Waals surface area contributed by atoms with Crippen molar-refractivity contribution in [2.24, 2.45) is 0 Å². The average molecular weight is 295 g/mol. The summed E-state index contributed by atoms with van der Waals surface area (Å²) in [6.45, 7) is 4.38. The monoisotopic (exact) mass is 295 g/mol. The molecule has 1 atom stereocenters. The molecule has 0 bridgehead atoms. The maximum atomic E-state index is 10.4. The Morgan fingerprint density at radius 3 is 2.91 bits per heavy atom. The van der Waals surface area contributed by atoms with Gasteiger partial charge in [-0.05, 0) is 59.8 Å². The summed E-state index contributed by atoms with van der Waals surface area (Å²) in [5.74, 6) is 1.26. The van der Waals surface area contributed by atoms with E-state index in [0.29, 0.717) is 11.8 Å². The van der Waals surface area contributed by atoms with Crippen LogP contribution in [0.3, 0.4) is 0 Å². The Balaban J connectivity index is 2.01. The maximum Gasteiger partial charge on any atom is 0.123 e. The van der Waals surface area contributed by atoms with Crippen molar-refractivity contribution >= 4 is 0 Å². The van der Waals surface area contributed by atoms with Crippen molar-refractivity contribution in [1.82, 2.24) is 4.90 Å². The summed E-state index contributed by atoms with van der Waals surface area (Å²) in [5.41, 5.74) is 6.14. The quantitative estimate of drug-likeness (QED) is 0.920. The highest BCUT2D eigenvalue weighted by molar-refractivity contribution is 5.81. The Labute approximate surface area is 131 Å². The number of hydrogen-bond acceptors (Lipinski definition) is 3. The first-order valence-electron chi connectivity index (χ1n) is 7.99. The van der Waals surface area contributed by atoms with Crippen molar-refractivity contribution in [3.05, 3.63) is 47.0 Å². The summed E-state index contributed by atoms with van der Waals surface area (Å²) in [6.07, 6.45) is 2.02. The summed E-state index contributed by atoms with van der Waals surface area (Å²) < 4.78 is 5.49. The van der Waals surface area contributed by atoms with Crippen LogP contribution in [0.1, 0.15) is 29.7 Å². The second kappa shape index (κ2) is 5.03. The van der Waals surface area contributed by atoms with E-state index in [0.717, 1.165) is 42.8 Å². The molecule has 2 aliphatic rings. The van der Waals surface area contributed by atoms with Gasteiger partial charge in [-0.3, -0.25) is 4.90 Å². The van der Waals surface area contributed by atoms with Crippen LogP contribution < -0.4 is 4.74 Å². The van der Waals surface area contributed by atoms with Crippen LogP contribution in [-0.4, -0.2) is 30.2 Å². The predicted molar refractivity (Wildman–Crippen MR) is 87.5 cm³/mol. The highest BCUT2D eigenvalue weighted by Gasteiger charge is 2.35. The minimum Gasteiger partial charge on any atom is -0.507 e. The van der Waals surface area contributed by atoms with E-state index >= 15 is 0 Å². The van der Waals surface area contributed by atoms with E-state index in [1.165, 1.54) is 16.7 Å². The Morgan fingerprint density at radius 1 is 1.27 bits per heavy atom. The Bertz CT molecular complexity index is 738. The van der Waals surface area contributed by atoms with E-state index in [1.54, 1.807) is 13.2 Å². The smallest absolute Gasteiger partial charge is 0.123 e. The van der Waals surface area contributed by atoms with E-state index in [4.69, 9.17) is 4.74 Å². The van der Waals surface area contributed by atoms with E-state index in [2.05, 4.69) is 30.0 Å². The lowest BCUT2D eigenvalue weighted by Crippen LogP contribution is -2.38. The zero-order chi connectivity index (χ0) is 15.3. The zero-order valence-electron chi connectivity index (χ0n) is 13.1. The SMILES string of the molecule is CCN1CCc2cc(OC)cc3c2[C@H]1Cc1cccc(O)c1-3. The standard InChI is InChI=1S/C19H21NO2/c1-3-20-8-7-13-9-14(22-2)11-15-18(13)16(20)10-12-5-4-6-17(21)19(12)15/h4-6,9,11,16,21H,3,7-8,10H2,1-2H3/t16-/m1/s1. The Kier molecular flexibility index (Phi) is 3.12. The molecule has 0 fully saturated rings. The summed E-state index contributed by atoms with van der Waals surface area (Å²) in [7, 11) is 1.71. The summed E-state index contributed by atoms with van der Waals surface area (Å²) in [6, 6.07) is 10.5. The van der Waals surface area contributed by atoms with Gasteiger partial charge in [-0.25, -0.2) is 0 Å². The molecule has 114 valence electrons. The number of aromatic hydroxyl groups is 1. The van der Waals surface area contributed by atoms with Crippen molar-refractivity contribution < 1.29 is 9.84 Å². The summed E-state index contributed by atoms with van der Waals surface area (Å²) >= 11 is 0. The van der Waals surface area contributed by atoms with E-state index in [1.807, 2.05) is 6.07 Å². The molecule has 1 aliphatic carbocycles. The fourth-order valence-corrected chi connectivity index (χ4v) is 4.10. The van der Waals surface area contributed by atoms with Crippen molar-refractivity contribution in [2.75, 3.05) is 20.2 Å². The molecule has 2 aromatic carbocycles. The molecule has 0 unspecified atom stereocenters. The molecule has 22 heavy (non-hydrogen) atoms. The van der Waals surface area contributed by atoms with Gasteiger partial charge in [-0.15, -0.1) is 0 Å². The summed E-state index contributed by atoms with van der Waals surface area (Å²) in [4.78, 5) is 2.55. The van der Waals surface area contributed by atoms with E-state index in [-0.39, 0.29) is 0 Å². The molecule has 0 amide bonds. The number of rotatable bonds is 2. The topological polar surface area (TPSA) is 32.7 Å². The molecule has 3 nitrogen and oxygen atoms in total. The molecule has 3 heteroatoms. The van der Waals surface area contributed by atoms with Crippen molar-refractivity contribution in [3.63, 3.8) is 0 Å². The number of fused-ring (bicyclic) bond motifs is 2. The number of nitrogens with zero attached hydrogens (tertiary/aromatic N) is 1. The number of phenols is 1. The third-order valence-corrected chi connectivity index (χ3v) is 5.13. The molecule has 2 aromatic rings. The van der Waals surface area contributed by atoms with Gasteiger partial charge in [0.1, 0.15) is 11.5 Å². The van der Waals surface area contributed by atoms with Crippen LogP contribution in [0.2, 0.25) is 0 Å². The number of likely N-dealkylation sites (N-methyl/N-ethyl adjacent to an activating group) is 1. The van der Waals surface area contributed by atoms with Crippen molar-refractivity contribution in [1.29, 1.82) is 0 Å². The maximum absolute atomic E-state index is 10.4. The van der Waals surface area contributed by atoms with Crippen LogP contribution in [-0.2, 0) is 12.8 Å². The molecule has 0 saturated heterocycles. The molecule has 1 N–H and O–H groups in total. The van der Waals surface area contributed by atoms with Crippen LogP contribution in [0, 0.1) is 0 Å². The van der Waals surface area contributed by atoms with E-state index in [9.17, 15) is 5.11 Å². The van der Waals surface area contributed by atoms with Gasteiger partial charge in [0.15, 0.2) is 0 Å². The van der Waals surface area contributed by atoms with Gasteiger partial charge in [-0.2, -0.15) is 0 Å². The lowest BCUT2D eigenvalue weighted by Gasteiger charge is -2.41. The number of ether oxygens (including phenoxy) is 1. The second-order valence-electron chi connectivity index (χ2n) is 6.16. The fraction of sp³-hybridized carbons (Fsp3) is 0.368. The van der Waals surface area contributed by atoms with Crippen LogP contribution in [0.4, 0.5) is 0 Å². The van der Waals surface area contributed by atoms with Gasteiger partial charge in [-0.1, -0.05) is 19.1 Å². The molecule has 4 rings (SSSR count). The zero-order valence-corrected chi connectivity index (χ0v) is 13.1. The third kappa shape index (κ3) is 1.85. The fourth-order valence-electron chi connectivity index (χ4n) is 4.10. The van der Waals surface area contributed by atoms with Gasteiger partial charge in [0.2, 0.25) is 0 Å².